The van der Waals surface area contributed by atoms with E-state index in [1.54, 1.807) is 0 Å². The largest absolute Gasteiger partial charge is 0.389 e. The zero-order valence-electron chi connectivity index (χ0n) is 10.2. The minimum Gasteiger partial charge on any atom is -0.389 e. The molecule has 2 aliphatic rings. The zero-order valence-corrected chi connectivity index (χ0v) is 11.0. The van der Waals surface area contributed by atoms with Crippen molar-refractivity contribution >= 4 is 11.8 Å². The Bertz CT molecular complexity index is 231. The van der Waals surface area contributed by atoms with Gasteiger partial charge in [0.25, 0.3) is 0 Å². The Morgan fingerprint density at radius 1 is 1.25 bits per heavy atom. The van der Waals surface area contributed by atoms with Crippen LogP contribution in [-0.2, 0) is 0 Å². The Morgan fingerprint density at radius 3 is 2.88 bits per heavy atom. The Balaban J connectivity index is 1.80. The van der Waals surface area contributed by atoms with Gasteiger partial charge in [-0.15, -0.1) is 0 Å². The van der Waals surface area contributed by atoms with Gasteiger partial charge in [0.15, 0.2) is 0 Å². The molecule has 0 aromatic rings. The fourth-order valence-electron chi connectivity index (χ4n) is 2.79. The number of allylic oxidation sites excluding steroid dienone is 1. The number of hydrogen-bond donors (Lipinski definition) is 1. The van der Waals surface area contributed by atoms with Crippen LogP contribution in [0.5, 0.6) is 0 Å². The van der Waals surface area contributed by atoms with Crippen LogP contribution in [0.2, 0.25) is 0 Å². The topological polar surface area (TPSA) is 20.2 Å². The second-order valence-electron chi connectivity index (χ2n) is 5.19. The average Bonchev–Trinajstić information content (AvgIpc) is 2.59. The van der Waals surface area contributed by atoms with Gasteiger partial charge in [0, 0.05) is 0 Å². The van der Waals surface area contributed by atoms with Gasteiger partial charge in [0.05, 0.1) is 6.10 Å². The minimum atomic E-state index is -0.133. The van der Waals surface area contributed by atoms with Gasteiger partial charge in [0.2, 0.25) is 0 Å². The Kier molecular flexibility index (Phi) is 5.24. The monoisotopic (exact) mass is 240 g/mol. The third-order valence-electron chi connectivity index (χ3n) is 3.90. The van der Waals surface area contributed by atoms with E-state index in [-0.39, 0.29) is 6.10 Å². The van der Waals surface area contributed by atoms with Gasteiger partial charge in [-0.25, -0.2) is 0 Å². The van der Waals surface area contributed by atoms with Gasteiger partial charge in [0.1, 0.15) is 0 Å². The maximum Gasteiger partial charge on any atom is 0.0752 e. The summed E-state index contributed by atoms with van der Waals surface area (Å²) in [5.41, 5.74) is 1.34. The van der Waals surface area contributed by atoms with Crippen LogP contribution in [-0.4, -0.2) is 22.7 Å². The summed E-state index contributed by atoms with van der Waals surface area (Å²) in [6.45, 7) is 0. The minimum absolute atomic E-state index is 0.133. The first-order valence-electron chi connectivity index (χ1n) is 6.81. The maximum absolute atomic E-state index is 10.3. The third kappa shape index (κ3) is 3.81. The molecule has 1 unspecified atom stereocenters. The molecule has 0 saturated carbocycles. The van der Waals surface area contributed by atoms with Gasteiger partial charge in [-0.1, -0.05) is 12.5 Å². The van der Waals surface area contributed by atoms with Gasteiger partial charge in [-0.05, 0) is 67.9 Å². The molecule has 2 rings (SSSR count). The maximum atomic E-state index is 10.3. The van der Waals surface area contributed by atoms with Crippen LogP contribution in [0.1, 0.15) is 51.4 Å². The summed E-state index contributed by atoms with van der Waals surface area (Å²) in [6.07, 6.45) is 12.1. The predicted octanol–water partition coefficient (Wildman–Crippen LogP) is 3.77. The molecule has 0 aromatic heterocycles. The van der Waals surface area contributed by atoms with E-state index >= 15 is 0 Å². The van der Waals surface area contributed by atoms with E-state index in [1.807, 2.05) is 0 Å². The molecule has 0 radical (unpaired) electrons. The molecule has 16 heavy (non-hydrogen) atoms. The van der Waals surface area contributed by atoms with Crippen molar-refractivity contribution in [1.82, 2.24) is 0 Å². The highest BCUT2D eigenvalue weighted by Crippen LogP contribution is 2.30. The van der Waals surface area contributed by atoms with Gasteiger partial charge in [-0.3, -0.25) is 0 Å². The second kappa shape index (κ2) is 6.70. The Labute approximate surface area is 104 Å². The van der Waals surface area contributed by atoms with E-state index in [4.69, 9.17) is 0 Å². The summed E-state index contributed by atoms with van der Waals surface area (Å²) in [4.78, 5) is 0. The first-order chi connectivity index (χ1) is 7.86. The molecule has 0 amide bonds. The van der Waals surface area contributed by atoms with Crippen LogP contribution in [0.3, 0.4) is 0 Å². The smallest absolute Gasteiger partial charge is 0.0752 e. The molecule has 1 N–H and O–H groups in total. The van der Waals surface area contributed by atoms with Crippen LogP contribution in [0.25, 0.3) is 0 Å². The fourth-order valence-corrected chi connectivity index (χ4v) is 4.00. The van der Waals surface area contributed by atoms with Crippen molar-refractivity contribution < 1.29 is 5.11 Å². The lowest BCUT2D eigenvalue weighted by atomic mass is 9.91. The average molecular weight is 240 g/mol. The van der Waals surface area contributed by atoms with Crippen molar-refractivity contribution in [3.63, 3.8) is 0 Å². The summed E-state index contributed by atoms with van der Waals surface area (Å²) >= 11 is 2.07. The summed E-state index contributed by atoms with van der Waals surface area (Å²) in [5, 5.41) is 10.3. The summed E-state index contributed by atoms with van der Waals surface area (Å²) in [7, 11) is 0. The number of aliphatic hydroxyl groups is 1. The lowest BCUT2D eigenvalue weighted by Crippen LogP contribution is -2.19. The van der Waals surface area contributed by atoms with Crippen LogP contribution in [0.4, 0.5) is 0 Å². The summed E-state index contributed by atoms with van der Waals surface area (Å²) < 4.78 is 0. The van der Waals surface area contributed by atoms with E-state index < -0.39 is 0 Å². The van der Waals surface area contributed by atoms with E-state index in [2.05, 4.69) is 17.8 Å². The number of rotatable bonds is 3. The molecule has 92 valence electrons. The van der Waals surface area contributed by atoms with E-state index in [9.17, 15) is 5.11 Å². The molecule has 0 aromatic carbocycles. The quantitative estimate of drug-likeness (QED) is 0.758. The highest BCUT2D eigenvalue weighted by molar-refractivity contribution is 7.99. The molecule has 1 aliphatic heterocycles. The van der Waals surface area contributed by atoms with Crippen LogP contribution in [0, 0.1) is 5.92 Å². The molecule has 1 fully saturated rings. The molecule has 1 atom stereocenters. The first-order valence-corrected chi connectivity index (χ1v) is 7.96. The van der Waals surface area contributed by atoms with E-state index in [1.165, 1.54) is 55.6 Å². The highest BCUT2D eigenvalue weighted by atomic mass is 32.2. The fraction of sp³-hybridized carbons (Fsp3) is 0.857. The molecule has 1 heterocycles. The molecule has 1 aliphatic carbocycles. The van der Waals surface area contributed by atoms with Crippen molar-refractivity contribution in [3.05, 3.63) is 11.6 Å². The molecule has 2 heteroatoms. The summed E-state index contributed by atoms with van der Waals surface area (Å²) in [5.74, 6) is 3.38. The number of aliphatic hydroxyl groups excluding tert-OH is 1. The molecular weight excluding hydrogens is 216 g/mol. The highest BCUT2D eigenvalue weighted by Gasteiger charge is 2.20. The van der Waals surface area contributed by atoms with Crippen LogP contribution in [0.15, 0.2) is 11.6 Å². The number of hydrogen-bond acceptors (Lipinski definition) is 2. The zero-order chi connectivity index (χ0) is 11.2. The molecular formula is C14H24OS. The van der Waals surface area contributed by atoms with Crippen molar-refractivity contribution in [2.75, 3.05) is 11.5 Å². The molecule has 0 bridgehead atoms. The first kappa shape index (κ1) is 12.5. The second-order valence-corrected chi connectivity index (χ2v) is 6.41. The lowest BCUT2D eigenvalue weighted by Gasteiger charge is -2.25. The number of thioether (sulfide) groups is 1. The molecule has 0 spiro atoms. The lowest BCUT2D eigenvalue weighted by molar-refractivity contribution is 0.168. The van der Waals surface area contributed by atoms with Crippen LogP contribution >= 0.6 is 11.8 Å². The van der Waals surface area contributed by atoms with Crippen molar-refractivity contribution in [3.8, 4) is 0 Å². The van der Waals surface area contributed by atoms with Gasteiger partial charge < -0.3 is 5.11 Å². The Hall–Kier alpha value is 0.0500. The van der Waals surface area contributed by atoms with Gasteiger partial charge in [-0.2, -0.15) is 11.8 Å². The Morgan fingerprint density at radius 2 is 2.06 bits per heavy atom. The predicted molar refractivity (Wildman–Crippen MR) is 71.8 cm³/mol. The van der Waals surface area contributed by atoms with Crippen molar-refractivity contribution in [2.45, 2.75) is 57.5 Å². The normalized spacial score (nSPS) is 25.9. The molecule has 1 saturated heterocycles. The SMILES string of the molecule is OC(CC1CCSCC1)C1=CCCCCC1. The third-order valence-corrected chi connectivity index (χ3v) is 4.95. The van der Waals surface area contributed by atoms with Gasteiger partial charge >= 0.3 is 0 Å². The van der Waals surface area contributed by atoms with E-state index in [0.717, 1.165) is 18.8 Å². The molecule has 1 nitrogen and oxygen atoms in total. The van der Waals surface area contributed by atoms with Crippen molar-refractivity contribution in [2.24, 2.45) is 5.92 Å². The van der Waals surface area contributed by atoms with Crippen molar-refractivity contribution in [1.29, 1.82) is 0 Å². The standard InChI is InChI=1S/C14H24OS/c15-14(11-12-7-9-16-10-8-12)13-5-3-1-2-4-6-13/h5,12,14-15H,1-4,6-11H2. The summed E-state index contributed by atoms with van der Waals surface area (Å²) in [6, 6.07) is 0. The van der Waals surface area contributed by atoms with Crippen LogP contribution < -0.4 is 0 Å². The van der Waals surface area contributed by atoms with E-state index in [0.29, 0.717) is 0 Å².